The van der Waals surface area contributed by atoms with E-state index in [9.17, 15) is 14.4 Å². The minimum absolute atomic E-state index is 0.214. The molecule has 0 aliphatic rings. The Labute approximate surface area is 236 Å². The van der Waals surface area contributed by atoms with Crippen molar-refractivity contribution in [2.45, 2.75) is 6.92 Å². The van der Waals surface area contributed by atoms with E-state index in [1.807, 2.05) is 43.3 Å². The van der Waals surface area contributed by atoms with Gasteiger partial charge in [-0.1, -0.05) is 48.0 Å². The van der Waals surface area contributed by atoms with E-state index >= 15 is 0 Å². The van der Waals surface area contributed by atoms with Crippen LogP contribution in [0, 0.1) is 6.92 Å². The lowest BCUT2D eigenvalue weighted by atomic mass is 10.0. The van der Waals surface area contributed by atoms with E-state index < -0.39 is 17.8 Å². The zero-order chi connectivity index (χ0) is 29.4. The fraction of sp³-hybridized carbons (Fsp3) is 0.161. The number of carbonyl (C=O) groups excluding carboxylic acids is 3. The van der Waals surface area contributed by atoms with Crippen molar-refractivity contribution in [1.29, 1.82) is 0 Å². The zero-order valence-electron chi connectivity index (χ0n) is 23.0. The number of ether oxygens (including phenoxy) is 4. The van der Waals surface area contributed by atoms with Crippen LogP contribution >= 0.6 is 0 Å². The first-order valence-corrected chi connectivity index (χ1v) is 12.5. The van der Waals surface area contributed by atoms with Crippen molar-refractivity contribution in [3.05, 3.63) is 95.1 Å². The summed E-state index contributed by atoms with van der Waals surface area (Å²) in [6, 6.07) is 21.1. The Bertz CT molecular complexity index is 1610. The molecule has 4 aromatic carbocycles. The predicted molar refractivity (Wildman–Crippen MR) is 154 cm³/mol. The van der Waals surface area contributed by atoms with Gasteiger partial charge in [-0.25, -0.2) is 10.2 Å². The van der Waals surface area contributed by atoms with Gasteiger partial charge >= 0.3 is 5.97 Å². The second-order valence-corrected chi connectivity index (χ2v) is 8.85. The van der Waals surface area contributed by atoms with Crippen molar-refractivity contribution in [2.24, 2.45) is 5.10 Å². The number of hydrogen-bond donors (Lipinski definition) is 2. The van der Waals surface area contributed by atoms with E-state index in [-0.39, 0.29) is 17.9 Å². The monoisotopic (exact) mass is 555 g/mol. The summed E-state index contributed by atoms with van der Waals surface area (Å²) >= 11 is 0. The highest BCUT2D eigenvalue weighted by molar-refractivity contribution is 6.04. The number of methoxy groups -OCH3 is 3. The largest absolute Gasteiger partial charge is 0.493 e. The molecule has 4 aromatic rings. The molecule has 0 saturated carbocycles. The van der Waals surface area contributed by atoms with Gasteiger partial charge in [0.05, 0.1) is 39.7 Å². The molecule has 41 heavy (non-hydrogen) atoms. The highest BCUT2D eigenvalue weighted by Gasteiger charge is 2.18. The number of carbonyl (C=O) groups is 3. The van der Waals surface area contributed by atoms with Gasteiger partial charge in [0.25, 0.3) is 11.8 Å². The maximum atomic E-state index is 12.8. The first-order valence-electron chi connectivity index (χ1n) is 12.5. The van der Waals surface area contributed by atoms with Crippen molar-refractivity contribution in [3.63, 3.8) is 0 Å². The van der Waals surface area contributed by atoms with E-state index in [0.29, 0.717) is 28.4 Å². The van der Waals surface area contributed by atoms with Crippen LogP contribution in [0.5, 0.6) is 23.0 Å². The number of hydrazone groups is 1. The molecule has 0 aliphatic heterocycles. The number of fused-ring (bicyclic) bond motifs is 1. The number of hydrogen-bond acceptors (Lipinski definition) is 8. The zero-order valence-corrected chi connectivity index (χ0v) is 23.0. The Morgan fingerprint density at radius 1 is 0.805 bits per heavy atom. The minimum atomic E-state index is -0.569. The lowest BCUT2D eigenvalue weighted by Gasteiger charge is -2.14. The van der Waals surface area contributed by atoms with Crippen molar-refractivity contribution in [3.8, 4) is 23.0 Å². The number of amides is 2. The van der Waals surface area contributed by atoms with Crippen LogP contribution < -0.4 is 29.7 Å². The lowest BCUT2D eigenvalue weighted by Crippen LogP contribution is -2.35. The second kappa shape index (κ2) is 13.1. The molecule has 210 valence electrons. The molecule has 10 heteroatoms. The van der Waals surface area contributed by atoms with Gasteiger partial charge in [0.2, 0.25) is 5.75 Å². The Hall–Kier alpha value is -5.38. The van der Waals surface area contributed by atoms with Crippen LogP contribution in [0.4, 0.5) is 0 Å². The first kappa shape index (κ1) is 28.6. The number of nitrogens with zero attached hydrogens (tertiary/aromatic N) is 1. The number of esters is 1. The van der Waals surface area contributed by atoms with Gasteiger partial charge in [-0.2, -0.15) is 5.10 Å². The fourth-order valence-corrected chi connectivity index (χ4v) is 4.11. The fourth-order valence-electron chi connectivity index (χ4n) is 4.11. The van der Waals surface area contributed by atoms with Crippen LogP contribution in [0.1, 0.15) is 31.8 Å². The van der Waals surface area contributed by atoms with Gasteiger partial charge in [0, 0.05) is 11.1 Å². The molecule has 0 aliphatic carbocycles. The van der Waals surface area contributed by atoms with Crippen molar-refractivity contribution >= 4 is 34.8 Å². The molecular weight excluding hydrogens is 526 g/mol. The van der Waals surface area contributed by atoms with Crippen molar-refractivity contribution in [1.82, 2.24) is 10.7 Å². The van der Waals surface area contributed by atoms with E-state index in [2.05, 4.69) is 15.8 Å². The van der Waals surface area contributed by atoms with Crippen LogP contribution in [0.2, 0.25) is 0 Å². The molecular formula is C31H29N3O7. The number of benzene rings is 4. The first-order chi connectivity index (χ1) is 19.8. The average Bonchev–Trinajstić information content (AvgIpc) is 2.99. The molecule has 0 heterocycles. The van der Waals surface area contributed by atoms with Gasteiger partial charge in [0.15, 0.2) is 11.5 Å². The molecule has 0 radical (unpaired) electrons. The van der Waals surface area contributed by atoms with E-state index in [4.69, 9.17) is 18.9 Å². The van der Waals surface area contributed by atoms with Crippen molar-refractivity contribution in [2.75, 3.05) is 27.9 Å². The van der Waals surface area contributed by atoms with Crippen LogP contribution in [0.15, 0.2) is 77.9 Å². The van der Waals surface area contributed by atoms with E-state index in [0.717, 1.165) is 16.3 Å². The molecule has 0 unspecified atom stereocenters. The average molecular weight is 556 g/mol. The Morgan fingerprint density at radius 3 is 2.22 bits per heavy atom. The maximum absolute atomic E-state index is 12.8. The third-order valence-corrected chi connectivity index (χ3v) is 6.11. The normalized spacial score (nSPS) is 10.7. The summed E-state index contributed by atoms with van der Waals surface area (Å²) in [7, 11) is 4.34. The number of nitrogens with one attached hydrogen (secondary N) is 2. The second-order valence-electron chi connectivity index (χ2n) is 8.85. The topological polar surface area (TPSA) is 125 Å². The van der Waals surface area contributed by atoms with Gasteiger partial charge < -0.3 is 24.3 Å². The van der Waals surface area contributed by atoms with Gasteiger partial charge in [0.1, 0.15) is 5.75 Å². The van der Waals surface area contributed by atoms with Crippen molar-refractivity contribution < 1.29 is 33.3 Å². The SMILES string of the molecule is COc1cc(C(=O)NCC(=O)NN=Cc2c(OC(=O)c3cccc(C)c3)ccc3ccccc23)cc(OC)c1OC. The molecule has 2 N–H and O–H groups in total. The van der Waals surface area contributed by atoms with Gasteiger partial charge in [-0.3, -0.25) is 9.59 Å². The third kappa shape index (κ3) is 6.80. The summed E-state index contributed by atoms with van der Waals surface area (Å²) in [6.45, 7) is 1.54. The molecule has 4 rings (SSSR count). The molecule has 0 atom stereocenters. The maximum Gasteiger partial charge on any atom is 0.343 e. The smallest absolute Gasteiger partial charge is 0.343 e. The predicted octanol–water partition coefficient (Wildman–Crippen LogP) is 4.27. The minimum Gasteiger partial charge on any atom is -0.493 e. The molecule has 0 spiro atoms. The van der Waals surface area contributed by atoms with Gasteiger partial charge in [-0.05, 0) is 48.0 Å². The Kier molecular flexibility index (Phi) is 9.16. The summed E-state index contributed by atoms with van der Waals surface area (Å²) in [6.07, 6.45) is 1.40. The van der Waals surface area contributed by atoms with E-state index in [1.54, 1.807) is 24.3 Å². The summed E-state index contributed by atoms with van der Waals surface area (Å²) in [5.74, 6) is -0.375. The van der Waals surface area contributed by atoms with Crippen LogP contribution in [-0.2, 0) is 4.79 Å². The standard InChI is InChI=1S/C31H29N3O7/c1-19-8-7-10-21(14-19)31(37)41-25-13-12-20-9-5-6-11-23(20)24(25)17-33-34-28(35)18-32-30(36)22-15-26(38-2)29(40-4)27(16-22)39-3/h5-17H,18H2,1-4H3,(H,32,36)(H,34,35). The Morgan fingerprint density at radius 2 is 1.54 bits per heavy atom. The highest BCUT2D eigenvalue weighted by atomic mass is 16.5. The summed E-state index contributed by atoms with van der Waals surface area (Å²) in [4.78, 5) is 38.0. The number of rotatable bonds is 10. The third-order valence-electron chi connectivity index (χ3n) is 6.11. The van der Waals surface area contributed by atoms with Gasteiger partial charge in [-0.15, -0.1) is 0 Å². The molecule has 0 saturated heterocycles. The molecule has 2 amide bonds. The van der Waals surface area contributed by atoms with E-state index in [1.165, 1.54) is 39.7 Å². The summed E-state index contributed by atoms with van der Waals surface area (Å²) in [5.41, 5.74) is 4.46. The summed E-state index contributed by atoms with van der Waals surface area (Å²) < 4.78 is 21.5. The molecule has 0 aromatic heterocycles. The van der Waals surface area contributed by atoms with Crippen LogP contribution in [-0.4, -0.2) is 51.9 Å². The quantitative estimate of drug-likeness (QED) is 0.130. The summed E-state index contributed by atoms with van der Waals surface area (Å²) in [5, 5.41) is 8.25. The lowest BCUT2D eigenvalue weighted by molar-refractivity contribution is -0.120. The Balaban J connectivity index is 1.46. The van der Waals surface area contributed by atoms with Crippen LogP contribution in [0.3, 0.4) is 0 Å². The molecule has 0 bridgehead atoms. The molecule has 0 fully saturated rings. The van der Waals surface area contributed by atoms with Crippen LogP contribution in [0.25, 0.3) is 10.8 Å². The highest BCUT2D eigenvalue weighted by Crippen LogP contribution is 2.38. The number of aryl methyl sites for hydroxylation is 1. The molecule has 10 nitrogen and oxygen atoms in total.